The Morgan fingerprint density at radius 2 is 2.05 bits per heavy atom. The first-order chi connectivity index (χ1) is 10.1. The van der Waals surface area contributed by atoms with Crippen LogP contribution >= 0.6 is 0 Å². The molecular formula is C18H26N2O. The molecule has 0 aliphatic carbocycles. The summed E-state index contributed by atoms with van der Waals surface area (Å²) >= 11 is 0. The lowest BCUT2D eigenvalue weighted by Gasteiger charge is -2.23. The minimum atomic E-state index is 0.479. The summed E-state index contributed by atoms with van der Waals surface area (Å²) in [5.74, 6) is 1.05. The number of nitrogens with one attached hydrogen (secondary N) is 1. The van der Waals surface area contributed by atoms with Gasteiger partial charge in [0.05, 0.1) is 12.8 Å². The molecule has 0 fully saturated rings. The van der Waals surface area contributed by atoms with E-state index >= 15 is 0 Å². The number of anilines is 1. The largest absolute Gasteiger partial charge is 0.467 e. The summed E-state index contributed by atoms with van der Waals surface area (Å²) in [7, 11) is 0. The van der Waals surface area contributed by atoms with Gasteiger partial charge in [0.25, 0.3) is 0 Å². The van der Waals surface area contributed by atoms with Crippen LogP contribution in [0.3, 0.4) is 0 Å². The Balaban J connectivity index is 2.10. The standard InChI is InChI=1S/C18H26N2O/c1-5-20(17-8-6-7-15(4)11-17)13-18-16(9-10-21-18)12-19-14(2)3/h6-11,14,19H,5,12-13H2,1-4H3. The monoisotopic (exact) mass is 286 g/mol. The fourth-order valence-corrected chi connectivity index (χ4v) is 2.36. The zero-order valence-corrected chi connectivity index (χ0v) is 13.5. The number of hydrogen-bond donors (Lipinski definition) is 1. The van der Waals surface area contributed by atoms with Crippen LogP contribution in [0.25, 0.3) is 0 Å². The van der Waals surface area contributed by atoms with Crippen LogP contribution in [0.5, 0.6) is 0 Å². The maximum Gasteiger partial charge on any atom is 0.127 e. The van der Waals surface area contributed by atoms with Gasteiger partial charge in [0.15, 0.2) is 0 Å². The third-order valence-corrected chi connectivity index (χ3v) is 3.62. The maximum atomic E-state index is 5.70. The summed E-state index contributed by atoms with van der Waals surface area (Å²) < 4.78 is 5.70. The third-order valence-electron chi connectivity index (χ3n) is 3.62. The molecule has 0 spiro atoms. The lowest BCUT2D eigenvalue weighted by Crippen LogP contribution is -2.25. The highest BCUT2D eigenvalue weighted by atomic mass is 16.3. The topological polar surface area (TPSA) is 28.4 Å². The van der Waals surface area contributed by atoms with Gasteiger partial charge in [0, 0.05) is 30.4 Å². The molecule has 2 aromatic rings. The van der Waals surface area contributed by atoms with E-state index in [-0.39, 0.29) is 0 Å². The number of furan rings is 1. The first-order valence-electron chi connectivity index (χ1n) is 7.70. The Morgan fingerprint density at radius 1 is 1.24 bits per heavy atom. The Labute approximate surface area is 128 Å². The van der Waals surface area contributed by atoms with Crippen LogP contribution in [0.15, 0.2) is 41.0 Å². The second-order valence-corrected chi connectivity index (χ2v) is 5.76. The van der Waals surface area contributed by atoms with E-state index in [0.29, 0.717) is 6.04 Å². The molecule has 1 aromatic carbocycles. The highest BCUT2D eigenvalue weighted by molar-refractivity contribution is 5.48. The van der Waals surface area contributed by atoms with Crippen molar-refractivity contribution in [3.63, 3.8) is 0 Å². The molecule has 0 radical (unpaired) electrons. The van der Waals surface area contributed by atoms with E-state index in [9.17, 15) is 0 Å². The fourth-order valence-electron chi connectivity index (χ4n) is 2.36. The van der Waals surface area contributed by atoms with Crippen molar-refractivity contribution in [3.8, 4) is 0 Å². The van der Waals surface area contributed by atoms with E-state index in [4.69, 9.17) is 4.42 Å². The van der Waals surface area contributed by atoms with Gasteiger partial charge in [0.2, 0.25) is 0 Å². The normalized spacial score (nSPS) is 11.1. The van der Waals surface area contributed by atoms with E-state index < -0.39 is 0 Å². The smallest absolute Gasteiger partial charge is 0.127 e. The first-order valence-corrected chi connectivity index (χ1v) is 7.70. The van der Waals surface area contributed by atoms with Gasteiger partial charge in [-0.05, 0) is 37.6 Å². The van der Waals surface area contributed by atoms with Gasteiger partial charge in [-0.15, -0.1) is 0 Å². The molecule has 0 amide bonds. The zero-order chi connectivity index (χ0) is 15.2. The molecule has 0 bridgehead atoms. The van der Waals surface area contributed by atoms with Crippen LogP contribution in [-0.2, 0) is 13.1 Å². The van der Waals surface area contributed by atoms with Crippen molar-refractivity contribution in [2.24, 2.45) is 0 Å². The highest BCUT2D eigenvalue weighted by Gasteiger charge is 2.12. The van der Waals surface area contributed by atoms with Crippen LogP contribution in [0.2, 0.25) is 0 Å². The SMILES string of the molecule is CCN(Cc1occc1CNC(C)C)c1cccc(C)c1. The van der Waals surface area contributed by atoms with Gasteiger partial charge in [-0.1, -0.05) is 26.0 Å². The predicted molar refractivity (Wildman–Crippen MR) is 88.6 cm³/mol. The lowest BCUT2D eigenvalue weighted by atomic mass is 10.2. The zero-order valence-electron chi connectivity index (χ0n) is 13.5. The molecule has 3 nitrogen and oxygen atoms in total. The van der Waals surface area contributed by atoms with Crippen LogP contribution in [-0.4, -0.2) is 12.6 Å². The maximum absolute atomic E-state index is 5.70. The molecule has 1 heterocycles. The van der Waals surface area contributed by atoms with Crippen molar-refractivity contribution in [1.29, 1.82) is 0 Å². The van der Waals surface area contributed by atoms with Gasteiger partial charge in [-0.3, -0.25) is 0 Å². The fraction of sp³-hybridized carbons (Fsp3) is 0.444. The van der Waals surface area contributed by atoms with E-state index in [0.717, 1.165) is 25.4 Å². The van der Waals surface area contributed by atoms with Crippen molar-refractivity contribution < 1.29 is 4.42 Å². The number of hydrogen-bond acceptors (Lipinski definition) is 3. The van der Waals surface area contributed by atoms with Crippen molar-refractivity contribution in [3.05, 3.63) is 53.5 Å². The minimum Gasteiger partial charge on any atom is -0.467 e. The van der Waals surface area contributed by atoms with Crippen molar-refractivity contribution in [1.82, 2.24) is 5.32 Å². The summed E-state index contributed by atoms with van der Waals surface area (Å²) in [4.78, 5) is 2.34. The molecule has 1 N–H and O–H groups in total. The van der Waals surface area contributed by atoms with Crippen molar-refractivity contribution >= 4 is 5.69 Å². The summed E-state index contributed by atoms with van der Waals surface area (Å²) in [5.41, 5.74) is 3.78. The van der Waals surface area contributed by atoms with E-state index in [1.807, 2.05) is 0 Å². The summed E-state index contributed by atoms with van der Waals surface area (Å²) in [5, 5.41) is 3.45. The third kappa shape index (κ3) is 4.36. The van der Waals surface area contributed by atoms with Gasteiger partial charge in [-0.2, -0.15) is 0 Å². The average Bonchev–Trinajstić information content (AvgIpc) is 2.89. The molecule has 0 aliphatic rings. The Morgan fingerprint density at radius 3 is 2.71 bits per heavy atom. The van der Waals surface area contributed by atoms with Crippen LogP contribution in [0.4, 0.5) is 5.69 Å². The first kappa shape index (κ1) is 15.6. The number of nitrogens with zero attached hydrogens (tertiary/aromatic N) is 1. The van der Waals surface area contributed by atoms with Crippen LogP contribution < -0.4 is 10.2 Å². The molecule has 0 atom stereocenters. The van der Waals surface area contributed by atoms with E-state index in [1.165, 1.54) is 16.8 Å². The second kappa shape index (κ2) is 7.32. The quantitative estimate of drug-likeness (QED) is 0.830. The molecule has 2 rings (SSSR count). The Kier molecular flexibility index (Phi) is 5.45. The second-order valence-electron chi connectivity index (χ2n) is 5.76. The molecule has 0 aliphatic heterocycles. The van der Waals surface area contributed by atoms with Gasteiger partial charge < -0.3 is 14.6 Å². The molecular weight excluding hydrogens is 260 g/mol. The molecule has 114 valence electrons. The van der Waals surface area contributed by atoms with Crippen LogP contribution in [0, 0.1) is 6.92 Å². The predicted octanol–water partition coefficient (Wildman–Crippen LogP) is 4.11. The van der Waals surface area contributed by atoms with Gasteiger partial charge in [0.1, 0.15) is 5.76 Å². The van der Waals surface area contributed by atoms with E-state index in [2.05, 4.69) is 68.2 Å². The number of benzene rings is 1. The minimum absolute atomic E-state index is 0.479. The van der Waals surface area contributed by atoms with E-state index in [1.54, 1.807) is 6.26 Å². The molecule has 0 unspecified atom stereocenters. The molecule has 3 heteroatoms. The molecule has 21 heavy (non-hydrogen) atoms. The van der Waals surface area contributed by atoms with Crippen molar-refractivity contribution in [2.75, 3.05) is 11.4 Å². The van der Waals surface area contributed by atoms with Gasteiger partial charge >= 0.3 is 0 Å². The lowest BCUT2D eigenvalue weighted by molar-refractivity contribution is 0.492. The molecule has 1 aromatic heterocycles. The van der Waals surface area contributed by atoms with Crippen LogP contribution in [0.1, 0.15) is 37.7 Å². The Bertz CT molecular complexity index is 560. The molecule has 0 saturated carbocycles. The average molecular weight is 286 g/mol. The Hall–Kier alpha value is -1.74. The number of rotatable bonds is 7. The van der Waals surface area contributed by atoms with Gasteiger partial charge in [-0.25, -0.2) is 0 Å². The number of aryl methyl sites for hydroxylation is 1. The highest BCUT2D eigenvalue weighted by Crippen LogP contribution is 2.20. The summed E-state index contributed by atoms with van der Waals surface area (Å²) in [6.07, 6.45) is 1.79. The summed E-state index contributed by atoms with van der Waals surface area (Å²) in [6.45, 7) is 11.2. The summed E-state index contributed by atoms with van der Waals surface area (Å²) in [6, 6.07) is 11.2. The van der Waals surface area contributed by atoms with Crippen molar-refractivity contribution in [2.45, 2.75) is 46.8 Å². The molecule has 0 saturated heterocycles.